The van der Waals surface area contributed by atoms with E-state index in [1.54, 1.807) is 0 Å². The molecule has 0 bridgehead atoms. The molecule has 0 atom stereocenters. The highest BCUT2D eigenvalue weighted by Gasteiger charge is 2.03. The van der Waals surface area contributed by atoms with E-state index in [4.69, 9.17) is 4.43 Å². The first-order chi connectivity index (χ1) is 9.38. The molecule has 0 aliphatic carbocycles. The van der Waals surface area contributed by atoms with Crippen LogP contribution >= 0.6 is 0 Å². The molecule has 0 spiro atoms. The maximum absolute atomic E-state index is 5.50. The van der Waals surface area contributed by atoms with Crippen molar-refractivity contribution in [2.75, 3.05) is 6.61 Å². The molecule has 0 heterocycles. The minimum absolute atomic E-state index is 0.550. The first-order valence-electron chi connectivity index (χ1n) is 6.63. The molecule has 0 saturated carbocycles. The third-order valence-corrected chi connectivity index (χ3v) is 4.36. The van der Waals surface area contributed by atoms with E-state index < -0.39 is 0 Å². The third kappa shape index (κ3) is 2.55. The fourth-order valence-electron chi connectivity index (χ4n) is 2.42. The van der Waals surface area contributed by atoms with Crippen molar-refractivity contribution >= 4 is 31.3 Å². The summed E-state index contributed by atoms with van der Waals surface area (Å²) >= 11 is 0. The fourth-order valence-corrected chi connectivity index (χ4v) is 3.19. The van der Waals surface area contributed by atoms with Gasteiger partial charge in [0, 0.05) is 6.61 Å². The monoisotopic (exact) mass is 264 g/mol. The van der Waals surface area contributed by atoms with E-state index >= 15 is 0 Å². The topological polar surface area (TPSA) is 9.23 Å². The van der Waals surface area contributed by atoms with Crippen LogP contribution in [-0.2, 0) is 10.5 Å². The Labute approximate surface area is 116 Å². The molecular weight excluding hydrogens is 248 g/mol. The Morgan fingerprint density at radius 1 is 0.895 bits per heavy atom. The van der Waals surface area contributed by atoms with Crippen LogP contribution in [0.2, 0.25) is 0 Å². The van der Waals surface area contributed by atoms with E-state index in [2.05, 4.69) is 54.6 Å². The Morgan fingerprint density at radius 3 is 2.42 bits per heavy atom. The van der Waals surface area contributed by atoms with Crippen LogP contribution in [0.5, 0.6) is 0 Å². The van der Waals surface area contributed by atoms with E-state index in [-0.39, 0.29) is 0 Å². The number of fused-ring (bicyclic) bond motifs is 2. The molecule has 0 saturated heterocycles. The van der Waals surface area contributed by atoms with Crippen LogP contribution in [-0.4, -0.2) is 16.4 Å². The second-order valence-corrected chi connectivity index (χ2v) is 5.52. The summed E-state index contributed by atoms with van der Waals surface area (Å²) in [5.74, 6) is 0. The van der Waals surface area contributed by atoms with E-state index in [9.17, 15) is 0 Å². The quantitative estimate of drug-likeness (QED) is 0.391. The van der Waals surface area contributed by atoms with Crippen LogP contribution in [0.4, 0.5) is 0 Å². The van der Waals surface area contributed by atoms with Crippen molar-refractivity contribution in [1.82, 2.24) is 0 Å². The van der Waals surface area contributed by atoms with Gasteiger partial charge in [-0.2, -0.15) is 0 Å². The van der Waals surface area contributed by atoms with E-state index in [0.717, 1.165) is 12.7 Å². The van der Waals surface area contributed by atoms with E-state index in [1.165, 1.54) is 27.1 Å². The zero-order chi connectivity index (χ0) is 13.1. The zero-order valence-corrected chi connectivity index (χ0v) is 12.0. The fraction of sp³-hybridized carbons (Fsp3) is 0.176. The predicted octanol–water partition coefficient (Wildman–Crippen LogP) is 4.15. The Balaban J connectivity index is 2.09. The van der Waals surface area contributed by atoms with Crippen molar-refractivity contribution in [3.63, 3.8) is 0 Å². The Kier molecular flexibility index (Phi) is 3.62. The summed E-state index contributed by atoms with van der Waals surface area (Å²) in [5, 5.41) is 5.28. The van der Waals surface area contributed by atoms with Crippen molar-refractivity contribution in [1.29, 1.82) is 0 Å². The maximum atomic E-state index is 5.50. The maximum Gasteiger partial charge on any atom is 0.234 e. The highest BCUT2D eigenvalue weighted by atomic mass is 28.2. The van der Waals surface area contributed by atoms with Crippen molar-refractivity contribution in [3.05, 3.63) is 60.2 Å². The molecule has 0 fully saturated rings. The molecule has 94 valence electrons. The summed E-state index contributed by atoms with van der Waals surface area (Å²) in [6.45, 7) is 2.84. The number of benzene rings is 3. The summed E-state index contributed by atoms with van der Waals surface area (Å²) in [5.41, 5.74) is 1.38. The molecule has 0 N–H and O–H groups in total. The minimum Gasteiger partial charge on any atom is -0.417 e. The third-order valence-electron chi connectivity index (χ3n) is 3.35. The first kappa shape index (κ1) is 12.4. The SMILES string of the molecule is CCO[Si]Cc1cccc2cc3ccccc3cc12. The molecule has 3 aromatic rings. The van der Waals surface area contributed by atoms with Crippen LogP contribution in [0.1, 0.15) is 12.5 Å². The van der Waals surface area contributed by atoms with Crippen LogP contribution in [0.15, 0.2) is 54.6 Å². The lowest BCUT2D eigenvalue weighted by atomic mass is 10.0. The molecule has 2 heteroatoms. The standard InChI is InChI=1S/C17H16OSi/c1-2-18-19-12-16-9-5-8-15-10-13-6-3-4-7-14(13)11-17(15)16/h3-11H,2,12H2,1H3. The number of hydrogen-bond acceptors (Lipinski definition) is 1. The predicted molar refractivity (Wildman–Crippen MR) is 82.5 cm³/mol. The Hall–Kier alpha value is -1.64. The molecule has 0 amide bonds. The van der Waals surface area contributed by atoms with Gasteiger partial charge in [0.15, 0.2) is 0 Å². The molecule has 0 aliphatic rings. The molecule has 1 nitrogen and oxygen atoms in total. The molecular formula is C17H16OSi. The first-order valence-corrected chi connectivity index (χ1v) is 7.75. The van der Waals surface area contributed by atoms with Gasteiger partial charge in [-0.25, -0.2) is 0 Å². The molecule has 0 aromatic heterocycles. The van der Waals surface area contributed by atoms with Gasteiger partial charge in [0.2, 0.25) is 9.76 Å². The minimum atomic E-state index is 0.550. The molecule has 3 aromatic carbocycles. The average molecular weight is 264 g/mol. The van der Waals surface area contributed by atoms with Crippen LogP contribution in [0.25, 0.3) is 21.5 Å². The van der Waals surface area contributed by atoms with Gasteiger partial charge in [-0.05, 0) is 52.2 Å². The van der Waals surface area contributed by atoms with Crippen LogP contribution in [0.3, 0.4) is 0 Å². The van der Waals surface area contributed by atoms with Gasteiger partial charge in [-0.15, -0.1) is 0 Å². The van der Waals surface area contributed by atoms with Gasteiger partial charge < -0.3 is 4.43 Å². The summed E-state index contributed by atoms with van der Waals surface area (Å²) < 4.78 is 5.50. The van der Waals surface area contributed by atoms with E-state index in [1.807, 2.05) is 6.92 Å². The van der Waals surface area contributed by atoms with Crippen LogP contribution < -0.4 is 0 Å². The molecule has 0 unspecified atom stereocenters. The molecule has 19 heavy (non-hydrogen) atoms. The van der Waals surface area contributed by atoms with Crippen molar-refractivity contribution in [2.45, 2.75) is 13.0 Å². The summed E-state index contributed by atoms with van der Waals surface area (Å²) in [6, 6.07) is 20.7. The van der Waals surface area contributed by atoms with Gasteiger partial charge in [0.25, 0.3) is 0 Å². The normalized spacial score (nSPS) is 11.2. The average Bonchev–Trinajstić information content (AvgIpc) is 2.46. The molecule has 0 aliphatic heterocycles. The largest absolute Gasteiger partial charge is 0.417 e. The van der Waals surface area contributed by atoms with Crippen molar-refractivity contribution in [2.24, 2.45) is 0 Å². The number of rotatable bonds is 4. The lowest BCUT2D eigenvalue weighted by Gasteiger charge is -2.08. The Morgan fingerprint density at radius 2 is 1.63 bits per heavy atom. The summed E-state index contributed by atoms with van der Waals surface area (Å²) in [6.07, 6.45) is 0. The van der Waals surface area contributed by atoms with Gasteiger partial charge >= 0.3 is 0 Å². The molecule has 2 radical (unpaired) electrons. The van der Waals surface area contributed by atoms with Gasteiger partial charge in [-0.1, -0.05) is 42.5 Å². The Bertz CT molecular complexity index is 706. The smallest absolute Gasteiger partial charge is 0.234 e. The lowest BCUT2D eigenvalue weighted by molar-refractivity contribution is 0.360. The highest BCUT2D eigenvalue weighted by molar-refractivity contribution is 6.27. The highest BCUT2D eigenvalue weighted by Crippen LogP contribution is 2.25. The van der Waals surface area contributed by atoms with Gasteiger partial charge in [-0.3, -0.25) is 0 Å². The second-order valence-electron chi connectivity index (χ2n) is 4.59. The van der Waals surface area contributed by atoms with Crippen LogP contribution in [0, 0.1) is 0 Å². The van der Waals surface area contributed by atoms with Gasteiger partial charge in [0.05, 0.1) is 0 Å². The van der Waals surface area contributed by atoms with Crippen molar-refractivity contribution < 1.29 is 4.43 Å². The molecule has 3 rings (SSSR count). The van der Waals surface area contributed by atoms with E-state index in [0.29, 0.717) is 9.76 Å². The van der Waals surface area contributed by atoms with Crippen molar-refractivity contribution in [3.8, 4) is 0 Å². The summed E-state index contributed by atoms with van der Waals surface area (Å²) in [4.78, 5) is 0. The zero-order valence-electron chi connectivity index (χ0n) is 11.0. The number of hydrogen-bond donors (Lipinski definition) is 0. The summed E-state index contributed by atoms with van der Waals surface area (Å²) in [7, 11) is 0.550. The van der Waals surface area contributed by atoms with Gasteiger partial charge in [0.1, 0.15) is 0 Å². The second kappa shape index (κ2) is 5.55. The lowest BCUT2D eigenvalue weighted by Crippen LogP contribution is -2.02.